The van der Waals surface area contributed by atoms with Crippen molar-refractivity contribution < 1.29 is 0 Å². The van der Waals surface area contributed by atoms with Crippen LogP contribution in [0.2, 0.25) is 0 Å². The highest BCUT2D eigenvalue weighted by atomic mass is 127. The summed E-state index contributed by atoms with van der Waals surface area (Å²) in [4.78, 5) is 8.82. The first-order valence-electron chi connectivity index (χ1n) is 5.79. The van der Waals surface area contributed by atoms with Gasteiger partial charge in [0.15, 0.2) is 0 Å². The number of rotatable bonds is 4. The highest BCUT2D eigenvalue weighted by molar-refractivity contribution is 14.1. The van der Waals surface area contributed by atoms with E-state index >= 15 is 0 Å². The Bertz CT molecular complexity index is 503. The lowest BCUT2D eigenvalue weighted by atomic mass is 10.3. The number of hydrogen-bond donors (Lipinski definition) is 2. The average molecular weight is 354 g/mol. The van der Waals surface area contributed by atoms with Crippen molar-refractivity contribution in [3.05, 3.63) is 39.7 Å². The van der Waals surface area contributed by atoms with Crippen LogP contribution in [0.15, 0.2) is 30.3 Å². The number of nitrogens with zero attached hydrogens (tertiary/aromatic N) is 2. The minimum Gasteiger partial charge on any atom is -0.373 e. The van der Waals surface area contributed by atoms with Gasteiger partial charge in [-0.2, -0.15) is 0 Å². The van der Waals surface area contributed by atoms with E-state index in [0.717, 1.165) is 29.6 Å². The topological polar surface area (TPSA) is 49.8 Å². The summed E-state index contributed by atoms with van der Waals surface area (Å²) in [6.07, 6.45) is 0.816. The van der Waals surface area contributed by atoms with E-state index < -0.39 is 0 Å². The van der Waals surface area contributed by atoms with E-state index in [9.17, 15) is 0 Å². The minimum atomic E-state index is 0.812. The first-order valence-corrected chi connectivity index (χ1v) is 6.87. The van der Waals surface area contributed by atoms with Crippen molar-refractivity contribution in [3.8, 4) is 0 Å². The second kappa shape index (κ2) is 5.99. The molecule has 1 aromatic carbocycles. The standard InChI is InChI=1S/C13H15IN4/c1-3-11-17-12(15-2)8-13(18-11)16-10-6-4-9(14)5-7-10/h4-8H,3H2,1-2H3,(H2,15,16,17,18). The minimum absolute atomic E-state index is 0.812. The fraction of sp³-hybridized carbons (Fsp3) is 0.231. The molecule has 0 spiro atoms. The fourth-order valence-corrected chi connectivity index (χ4v) is 1.89. The summed E-state index contributed by atoms with van der Waals surface area (Å²) in [5.74, 6) is 2.47. The third-order valence-electron chi connectivity index (χ3n) is 2.46. The average Bonchev–Trinajstić information content (AvgIpc) is 2.41. The lowest BCUT2D eigenvalue weighted by molar-refractivity contribution is 0.945. The molecule has 0 aliphatic rings. The van der Waals surface area contributed by atoms with Gasteiger partial charge in [-0.1, -0.05) is 6.92 Å². The molecule has 0 amide bonds. The summed E-state index contributed by atoms with van der Waals surface area (Å²) in [5.41, 5.74) is 1.03. The van der Waals surface area contributed by atoms with Crippen LogP contribution in [0.3, 0.4) is 0 Å². The van der Waals surface area contributed by atoms with Crippen molar-refractivity contribution in [2.45, 2.75) is 13.3 Å². The summed E-state index contributed by atoms with van der Waals surface area (Å²) in [5, 5.41) is 6.33. The molecule has 4 nitrogen and oxygen atoms in total. The van der Waals surface area contributed by atoms with Gasteiger partial charge >= 0.3 is 0 Å². The molecule has 0 saturated carbocycles. The normalized spacial score (nSPS) is 10.2. The smallest absolute Gasteiger partial charge is 0.136 e. The van der Waals surface area contributed by atoms with Gasteiger partial charge in [-0.25, -0.2) is 9.97 Å². The molecule has 2 N–H and O–H groups in total. The first kappa shape index (κ1) is 13.1. The van der Waals surface area contributed by atoms with Gasteiger partial charge < -0.3 is 10.6 Å². The third-order valence-corrected chi connectivity index (χ3v) is 3.18. The van der Waals surface area contributed by atoms with E-state index in [2.05, 4.69) is 55.3 Å². The summed E-state index contributed by atoms with van der Waals surface area (Å²) in [7, 11) is 1.86. The maximum absolute atomic E-state index is 4.45. The molecule has 18 heavy (non-hydrogen) atoms. The number of hydrogen-bond acceptors (Lipinski definition) is 4. The van der Waals surface area contributed by atoms with E-state index in [1.54, 1.807) is 0 Å². The Labute approximate surface area is 120 Å². The van der Waals surface area contributed by atoms with Gasteiger partial charge in [-0.15, -0.1) is 0 Å². The van der Waals surface area contributed by atoms with Gasteiger partial charge in [0.05, 0.1) is 0 Å². The lowest BCUT2D eigenvalue weighted by Gasteiger charge is -2.09. The Hall–Kier alpha value is -1.37. The van der Waals surface area contributed by atoms with Crippen molar-refractivity contribution in [1.29, 1.82) is 0 Å². The number of anilines is 3. The van der Waals surface area contributed by atoms with Crippen molar-refractivity contribution in [2.75, 3.05) is 17.7 Å². The van der Waals surface area contributed by atoms with Crippen LogP contribution in [0.25, 0.3) is 0 Å². The van der Waals surface area contributed by atoms with Crippen molar-refractivity contribution in [3.63, 3.8) is 0 Å². The van der Waals surface area contributed by atoms with Gasteiger partial charge in [0.25, 0.3) is 0 Å². The predicted molar refractivity (Wildman–Crippen MR) is 83.4 cm³/mol. The van der Waals surface area contributed by atoms with Gasteiger partial charge in [0, 0.05) is 28.8 Å². The second-order valence-electron chi connectivity index (χ2n) is 3.79. The first-order chi connectivity index (χ1) is 8.71. The van der Waals surface area contributed by atoms with Crippen LogP contribution in [0.5, 0.6) is 0 Å². The van der Waals surface area contributed by atoms with E-state index in [4.69, 9.17) is 0 Å². The van der Waals surface area contributed by atoms with Gasteiger partial charge in [-0.3, -0.25) is 0 Å². The Morgan fingerprint density at radius 1 is 1.11 bits per heavy atom. The Kier molecular flexibility index (Phi) is 4.35. The molecule has 0 atom stereocenters. The molecule has 1 heterocycles. The van der Waals surface area contributed by atoms with Gasteiger partial charge in [0.1, 0.15) is 17.5 Å². The van der Waals surface area contributed by atoms with Crippen LogP contribution in [-0.4, -0.2) is 17.0 Å². The van der Waals surface area contributed by atoms with Crippen LogP contribution in [-0.2, 0) is 6.42 Å². The number of nitrogens with one attached hydrogen (secondary N) is 2. The molecule has 5 heteroatoms. The molecule has 0 radical (unpaired) electrons. The summed E-state index contributed by atoms with van der Waals surface area (Å²) >= 11 is 2.29. The fourth-order valence-electron chi connectivity index (χ4n) is 1.53. The predicted octanol–water partition coefficient (Wildman–Crippen LogP) is 3.43. The zero-order valence-electron chi connectivity index (χ0n) is 10.4. The molecule has 0 aliphatic heterocycles. The van der Waals surface area contributed by atoms with E-state index in [0.29, 0.717) is 0 Å². The molecule has 1 aromatic heterocycles. The molecule has 0 saturated heterocycles. The number of aryl methyl sites for hydroxylation is 1. The largest absolute Gasteiger partial charge is 0.373 e. The molecular weight excluding hydrogens is 339 g/mol. The number of benzene rings is 1. The van der Waals surface area contributed by atoms with Crippen molar-refractivity contribution in [1.82, 2.24) is 9.97 Å². The molecule has 0 aliphatic carbocycles. The Balaban J connectivity index is 2.25. The molecule has 2 rings (SSSR count). The number of aromatic nitrogens is 2. The maximum atomic E-state index is 4.45. The van der Waals surface area contributed by atoms with Gasteiger partial charge in [-0.05, 0) is 46.9 Å². The highest BCUT2D eigenvalue weighted by Gasteiger charge is 2.02. The van der Waals surface area contributed by atoms with E-state index in [1.807, 2.05) is 32.2 Å². The lowest BCUT2D eigenvalue weighted by Crippen LogP contribution is -2.03. The summed E-state index contributed by atoms with van der Waals surface area (Å²) in [6, 6.07) is 10.1. The molecule has 94 valence electrons. The van der Waals surface area contributed by atoms with Crippen LogP contribution in [0, 0.1) is 3.57 Å². The zero-order chi connectivity index (χ0) is 13.0. The summed E-state index contributed by atoms with van der Waals surface area (Å²) < 4.78 is 1.21. The van der Waals surface area contributed by atoms with Crippen LogP contribution >= 0.6 is 22.6 Å². The monoisotopic (exact) mass is 354 g/mol. The number of halogens is 1. The third kappa shape index (κ3) is 3.32. The summed E-state index contributed by atoms with van der Waals surface area (Å²) in [6.45, 7) is 2.05. The molecule has 0 unspecified atom stereocenters. The van der Waals surface area contributed by atoms with Crippen molar-refractivity contribution >= 4 is 39.9 Å². The SMILES string of the molecule is CCc1nc(NC)cc(Nc2ccc(I)cc2)n1. The Morgan fingerprint density at radius 2 is 1.78 bits per heavy atom. The van der Waals surface area contributed by atoms with Crippen LogP contribution in [0.1, 0.15) is 12.7 Å². The molecular formula is C13H15IN4. The van der Waals surface area contributed by atoms with Crippen LogP contribution < -0.4 is 10.6 Å². The van der Waals surface area contributed by atoms with Crippen LogP contribution in [0.4, 0.5) is 17.3 Å². The molecule has 2 aromatic rings. The molecule has 0 bridgehead atoms. The van der Waals surface area contributed by atoms with Crippen molar-refractivity contribution in [2.24, 2.45) is 0 Å². The highest BCUT2D eigenvalue weighted by Crippen LogP contribution is 2.18. The van der Waals surface area contributed by atoms with E-state index in [-0.39, 0.29) is 0 Å². The molecule has 0 fully saturated rings. The Morgan fingerprint density at radius 3 is 2.39 bits per heavy atom. The quantitative estimate of drug-likeness (QED) is 0.826. The van der Waals surface area contributed by atoms with Gasteiger partial charge in [0.2, 0.25) is 0 Å². The maximum Gasteiger partial charge on any atom is 0.136 e. The zero-order valence-corrected chi connectivity index (χ0v) is 12.5. The van der Waals surface area contributed by atoms with E-state index in [1.165, 1.54) is 3.57 Å². The second-order valence-corrected chi connectivity index (χ2v) is 5.04.